The molecule has 7 heteroatoms. The van der Waals surface area contributed by atoms with Crippen LogP contribution in [0.3, 0.4) is 0 Å². The van der Waals surface area contributed by atoms with Crippen molar-refractivity contribution in [3.63, 3.8) is 0 Å². The van der Waals surface area contributed by atoms with E-state index in [-0.39, 0.29) is 11.9 Å². The van der Waals surface area contributed by atoms with Crippen molar-refractivity contribution in [1.82, 2.24) is 5.32 Å². The highest BCUT2D eigenvalue weighted by molar-refractivity contribution is 7.92. The second-order valence-corrected chi connectivity index (χ2v) is 8.34. The van der Waals surface area contributed by atoms with Crippen LogP contribution in [0.25, 0.3) is 0 Å². The van der Waals surface area contributed by atoms with Gasteiger partial charge in [0.2, 0.25) is 10.0 Å². The molecular weight excluding hydrogens is 314 g/mol. The van der Waals surface area contributed by atoms with Crippen LogP contribution in [0.2, 0.25) is 0 Å². The van der Waals surface area contributed by atoms with E-state index in [1.807, 2.05) is 6.07 Å². The number of hydrogen-bond donors (Lipinski definition) is 2. The lowest BCUT2D eigenvalue weighted by atomic mass is 10.00. The van der Waals surface area contributed by atoms with Crippen molar-refractivity contribution in [2.24, 2.45) is 11.7 Å². The minimum atomic E-state index is -3.28. The van der Waals surface area contributed by atoms with Gasteiger partial charge in [0, 0.05) is 24.7 Å². The fraction of sp³-hybridized carbons (Fsp3) is 0.562. The summed E-state index contributed by atoms with van der Waals surface area (Å²) in [6.07, 6.45) is 5.00. The molecule has 23 heavy (non-hydrogen) atoms. The first-order valence-corrected chi connectivity index (χ1v) is 9.86. The van der Waals surface area contributed by atoms with Gasteiger partial charge in [0.05, 0.1) is 11.9 Å². The van der Waals surface area contributed by atoms with Gasteiger partial charge in [-0.25, -0.2) is 8.42 Å². The van der Waals surface area contributed by atoms with Crippen LogP contribution in [-0.2, 0) is 16.4 Å². The molecule has 1 aromatic carbocycles. The number of carbonyl (C=O) groups is 1. The van der Waals surface area contributed by atoms with Gasteiger partial charge < -0.3 is 11.1 Å². The quantitative estimate of drug-likeness (QED) is 0.834. The van der Waals surface area contributed by atoms with E-state index in [1.165, 1.54) is 10.6 Å². The molecule has 1 aliphatic carbocycles. The lowest BCUT2D eigenvalue weighted by Crippen LogP contribution is -2.41. The Kier molecular flexibility index (Phi) is 4.33. The van der Waals surface area contributed by atoms with E-state index >= 15 is 0 Å². The number of nitrogens with zero attached hydrogens (tertiary/aromatic N) is 1. The average molecular weight is 337 g/mol. The van der Waals surface area contributed by atoms with Crippen molar-refractivity contribution in [3.05, 3.63) is 29.3 Å². The van der Waals surface area contributed by atoms with Crippen molar-refractivity contribution in [2.45, 2.75) is 31.7 Å². The highest BCUT2D eigenvalue weighted by Gasteiger charge is 2.31. The van der Waals surface area contributed by atoms with Crippen LogP contribution in [0.5, 0.6) is 0 Å². The molecule has 1 atom stereocenters. The Morgan fingerprint density at radius 3 is 2.78 bits per heavy atom. The van der Waals surface area contributed by atoms with Crippen LogP contribution in [-0.4, -0.2) is 39.7 Å². The topological polar surface area (TPSA) is 92.5 Å². The molecule has 0 bridgehead atoms. The largest absolute Gasteiger partial charge is 0.348 e. The van der Waals surface area contributed by atoms with E-state index in [2.05, 4.69) is 5.32 Å². The first kappa shape index (κ1) is 16.3. The summed E-state index contributed by atoms with van der Waals surface area (Å²) in [5.41, 5.74) is 7.89. The Morgan fingerprint density at radius 1 is 1.43 bits per heavy atom. The number of amides is 1. The summed E-state index contributed by atoms with van der Waals surface area (Å²) in [5, 5.41) is 3.00. The van der Waals surface area contributed by atoms with Gasteiger partial charge in [-0.05, 0) is 55.4 Å². The predicted molar refractivity (Wildman–Crippen MR) is 90.0 cm³/mol. The molecule has 0 radical (unpaired) electrons. The van der Waals surface area contributed by atoms with E-state index in [4.69, 9.17) is 5.73 Å². The number of sulfonamides is 1. The molecule has 3 rings (SSSR count). The zero-order valence-corrected chi connectivity index (χ0v) is 14.1. The molecule has 1 amide bonds. The second-order valence-electron chi connectivity index (χ2n) is 6.44. The molecule has 1 unspecified atom stereocenters. The van der Waals surface area contributed by atoms with Crippen LogP contribution in [0.15, 0.2) is 18.2 Å². The van der Waals surface area contributed by atoms with Crippen molar-refractivity contribution >= 4 is 21.6 Å². The third-order valence-electron chi connectivity index (χ3n) is 4.58. The summed E-state index contributed by atoms with van der Waals surface area (Å²) < 4.78 is 25.2. The number of aryl methyl sites for hydroxylation is 1. The highest BCUT2D eigenvalue weighted by Crippen LogP contribution is 2.33. The van der Waals surface area contributed by atoms with Gasteiger partial charge >= 0.3 is 0 Å². The van der Waals surface area contributed by atoms with Crippen molar-refractivity contribution in [1.29, 1.82) is 0 Å². The summed E-state index contributed by atoms with van der Waals surface area (Å²) in [7, 11) is -3.28. The average Bonchev–Trinajstić information content (AvgIpc) is 3.35. The van der Waals surface area contributed by atoms with Crippen LogP contribution in [0, 0.1) is 5.92 Å². The molecule has 1 heterocycles. The Hall–Kier alpha value is -1.60. The SMILES string of the molecule is CS(=O)(=O)N1CCCc2cc(C(=O)NC(CN)C3CC3)ccc21. The standard InChI is InChI=1S/C16H23N3O3S/c1-23(21,22)19-8-2-3-12-9-13(6-7-15(12)19)16(20)18-14(10-17)11-4-5-11/h6-7,9,11,14H,2-5,8,10,17H2,1H3,(H,18,20). The molecule has 2 aliphatic rings. The summed E-state index contributed by atoms with van der Waals surface area (Å²) in [6, 6.07) is 5.27. The number of nitrogens with two attached hydrogens (primary N) is 1. The van der Waals surface area contributed by atoms with E-state index < -0.39 is 10.0 Å². The first-order valence-electron chi connectivity index (χ1n) is 8.01. The Labute approximate surface area is 137 Å². The molecule has 1 fully saturated rings. The number of nitrogens with one attached hydrogen (secondary N) is 1. The molecular formula is C16H23N3O3S. The number of fused-ring (bicyclic) bond motifs is 1. The minimum Gasteiger partial charge on any atom is -0.348 e. The molecule has 0 saturated heterocycles. The monoisotopic (exact) mass is 337 g/mol. The van der Waals surface area contributed by atoms with Crippen molar-refractivity contribution in [2.75, 3.05) is 23.7 Å². The molecule has 1 saturated carbocycles. The summed E-state index contributed by atoms with van der Waals surface area (Å²) >= 11 is 0. The van der Waals surface area contributed by atoms with Crippen LogP contribution < -0.4 is 15.4 Å². The maximum Gasteiger partial charge on any atom is 0.251 e. The lowest BCUT2D eigenvalue weighted by Gasteiger charge is -2.29. The number of carbonyl (C=O) groups excluding carboxylic acids is 1. The van der Waals surface area contributed by atoms with E-state index in [9.17, 15) is 13.2 Å². The van der Waals surface area contributed by atoms with Gasteiger partial charge in [-0.3, -0.25) is 9.10 Å². The summed E-state index contributed by atoms with van der Waals surface area (Å²) in [5.74, 6) is 0.369. The zero-order chi connectivity index (χ0) is 16.6. The Morgan fingerprint density at radius 2 is 2.17 bits per heavy atom. The highest BCUT2D eigenvalue weighted by atomic mass is 32.2. The van der Waals surface area contributed by atoms with Gasteiger partial charge in [0.1, 0.15) is 0 Å². The number of rotatable bonds is 5. The molecule has 0 aromatic heterocycles. The second kappa shape index (κ2) is 6.13. The third-order valence-corrected chi connectivity index (χ3v) is 5.76. The number of anilines is 1. The zero-order valence-electron chi connectivity index (χ0n) is 13.3. The lowest BCUT2D eigenvalue weighted by molar-refractivity contribution is 0.0933. The minimum absolute atomic E-state index is 0.0334. The summed E-state index contributed by atoms with van der Waals surface area (Å²) in [6.45, 7) is 0.942. The van der Waals surface area contributed by atoms with Crippen LogP contribution in [0.4, 0.5) is 5.69 Å². The summed E-state index contributed by atoms with van der Waals surface area (Å²) in [4.78, 5) is 12.4. The fourth-order valence-electron chi connectivity index (χ4n) is 3.17. The number of hydrogen-bond acceptors (Lipinski definition) is 4. The van der Waals surface area contributed by atoms with Gasteiger partial charge in [0.25, 0.3) is 5.91 Å². The normalized spacial score (nSPS) is 19.1. The number of benzene rings is 1. The van der Waals surface area contributed by atoms with E-state index in [0.717, 1.165) is 31.2 Å². The van der Waals surface area contributed by atoms with E-state index in [1.54, 1.807) is 12.1 Å². The Bertz CT molecular complexity index is 713. The molecule has 1 aromatic rings. The van der Waals surface area contributed by atoms with Crippen molar-refractivity contribution < 1.29 is 13.2 Å². The predicted octanol–water partition coefficient (Wildman–Crippen LogP) is 0.866. The molecule has 3 N–H and O–H groups in total. The Balaban J connectivity index is 1.81. The van der Waals surface area contributed by atoms with Crippen molar-refractivity contribution in [3.8, 4) is 0 Å². The van der Waals surface area contributed by atoms with Crippen LogP contribution in [0.1, 0.15) is 35.2 Å². The molecule has 6 nitrogen and oxygen atoms in total. The van der Waals surface area contributed by atoms with Gasteiger partial charge in [-0.1, -0.05) is 0 Å². The van der Waals surface area contributed by atoms with Crippen LogP contribution >= 0.6 is 0 Å². The van der Waals surface area contributed by atoms with Gasteiger partial charge in [0.15, 0.2) is 0 Å². The molecule has 126 valence electrons. The van der Waals surface area contributed by atoms with E-state index in [0.29, 0.717) is 30.3 Å². The maximum absolute atomic E-state index is 12.4. The first-order chi connectivity index (χ1) is 10.9. The molecule has 1 aliphatic heterocycles. The smallest absolute Gasteiger partial charge is 0.251 e. The fourth-order valence-corrected chi connectivity index (χ4v) is 4.16. The van der Waals surface area contributed by atoms with Gasteiger partial charge in [-0.15, -0.1) is 0 Å². The third kappa shape index (κ3) is 3.50. The van der Waals surface area contributed by atoms with Gasteiger partial charge in [-0.2, -0.15) is 0 Å². The maximum atomic E-state index is 12.4. The molecule has 0 spiro atoms.